The molecule has 1 heterocycles. The summed E-state index contributed by atoms with van der Waals surface area (Å²) >= 11 is 0. The van der Waals surface area contributed by atoms with Crippen molar-refractivity contribution in [1.29, 1.82) is 0 Å². The lowest BCUT2D eigenvalue weighted by Gasteiger charge is -2.38. The van der Waals surface area contributed by atoms with E-state index in [0.717, 1.165) is 69.4 Å². The van der Waals surface area contributed by atoms with Gasteiger partial charge in [-0.2, -0.15) is 0 Å². The number of hydrogen-bond donors (Lipinski definition) is 2. The van der Waals surface area contributed by atoms with Crippen molar-refractivity contribution in [2.45, 2.75) is 39.2 Å². The van der Waals surface area contributed by atoms with Gasteiger partial charge in [0.1, 0.15) is 11.9 Å². The predicted molar refractivity (Wildman–Crippen MR) is 121 cm³/mol. The second-order valence-corrected chi connectivity index (χ2v) is 8.37. The Morgan fingerprint density at radius 3 is 2.57 bits per heavy atom. The van der Waals surface area contributed by atoms with E-state index in [-0.39, 0.29) is 6.10 Å². The Morgan fingerprint density at radius 1 is 1.20 bits per heavy atom. The van der Waals surface area contributed by atoms with E-state index in [0.29, 0.717) is 18.4 Å². The highest BCUT2D eigenvalue weighted by Gasteiger charge is 2.30. The fourth-order valence-electron chi connectivity index (χ4n) is 3.85. The Balaban J connectivity index is 1.30. The molecule has 1 aliphatic carbocycles. The van der Waals surface area contributed by atoms with Gasteiger partial charge in [-0.05, 0) is 38.3 Å². The van der Waals surface area contributed by atoms with Crippen molar-refractivity contribution >= 4 is 11.9 Å². The summed E-state index contributed by atoms with van der Waals surface area (Å²) < 4.78 is 6.01. The van der Waals surface area contributed by atoms with Crippen LogP contribution >= 0.6 is 0 Å². The van der Waals surface area contributed by atoms with Gasteiger partial charge in [-0.25, -0.2) is 0 Å². The van der Waals surface area contributed by atoms with E-state index in [9.17, 15) is 4.79 Å². The number of amides is 1. The van der Waals surface area contributed by atoms with Crippen molar-refractivity contribution in [2.24, 2.45) is 10.9 Å². The minimum absolute atomic E-state index is 0.0333. The first kappa shape index (κ1) is 22.4. The van der Waals surface area contributed by atoms with Crippen LogP contribution in [0.4, 0.5) is 0 Å². The van der Waals surface area contributed by atoms with Gasteiger partial charge in [0, 0.05) is 52.2 Å². The van der Waals surface area contributed by atoms with E-state index in [1.54, 1.807) is 7.05 Å². The molecule has 2 aliphatic rings. The molecule has 0 aromatic heterocycles. The molecule has 1 saturated heterocycles. The second-order valence-electron chi connectivity index (χ2n) is 8.37. The molecule has 166 valence electrons. The maximum atomic E-state index is 12.4. The number of carbonyl (C=O) groups excluding carboxylic acids is 1. The van der Waals surface area contributed by atoms with Crippen LogP contribution in [-0.2, 0) is 4.79 Å². The number of para-hydroxylation sites is 1. The fourth-order valence-corrected chi connectivity index (χ4v) is 3.85. The van der Waals surface area contributed by atoms with Crippen LogP contribution in [0.25, 0.3) is 0 Å². The smallest absolute Gasteiger partial charge is 0.225 e. The number of carbonyl (C=O) groups is 1. The highest BCUT2D eigenvalue weighted by Crippen LogP contribution is 2.28. The molecule has 0 spiro atoms. The molecule has 0 radical (unpaired) electrons. The first-order valence-corrected chi connectivity index (χ1v) is 11.2. The van der Waals surface area contributed by atoms with Crippen molar-refractivity contribution in [3.05, 3.63) is 29.8 Å². The average molecular weight is 416 g/mol. The highest BCUT2D eigenvalue weighted by atomic mass is 16.5. The number of hydrogen-bond acceptors (Lipinski definition) is 4. The summed E-state index contributed by atoms with van der Waals surface area (Å²) in [5.74, 6) is 2.40. The van der Waals surface area contributed by atoms with Crippen molar-refractivity contribution in [1.82, 2.24) is 20.4 Å². The van der Waals surface area contributed by atoms with Crippen LogP contribution in [0.1, 0.15) is 31.7 Å². The van der Waals surface area contributed by atoms with Crippen molar-refractivity contribution in [3.63, 3.8) is 0 Å². The molecule has 1 unspecified atom stereocenters. The fraction of sp³-hybridized carbons (Fsp3) is 0.652. The van der Waals surface area contributed by atoms with E-state index in [1.807, 2.05) is 18.2 Å². The molecule has 7 nitrogen and oxygen atoms in total. The number of piperazine rings is 1. The lowest BCUT2D eigenvalue weighted by molar-refractivity contribution is -0.139. The maximum absolute atomic E-state index is 12.4. The van der Waals surface area contributed by atoms with Crippen LogP contribution in [0.5, 0.6) is 5.75 Å². The van der Waals surface area contributed by atoms with Crippen molar-refractivity contribution in [2.75, 3.05) is 52.9 Å². The summed E-state index contributed by atoms with van der Waals surface area (Å²) in [7, 11) is 1.78. The number of aliphatic imine (C=N–C) groups is 1. The molecule has 1 aliphatic heterocycles. The predicted octanol–water partition coefficient (Wildman–Crippen LogP) is 1.87. The minimum atomic E-state index is 0.0333. The zero-order valence-electron chi connectivity index (χ0n) is 18.7. The molecule has 7 heteroatoms. The van der Waals surface area contributed by atoms with E-state index >= 15 is 0 Å². The van der Waals surface area contributed by atoms with Gasteiger partial charge in [-0.1, -0.05) is 24.6 Å². The monoisotopic (exact) mass is 415 g/mol. The second kappa shape index (κ2) is 11.2. The third-order valence-electron chi connectivity index (χ3n) is 6.06. The van der Waals surface area contributed by atoms with Crippen LogP contribution in [0, 0.1) is 12.8 Å². The summed E-state index contributed by atoms with van der Waals surface area (Å²) in [6.07, 6.45) is 3.42. The maximum Gasteiger partial charge on any atom is 0.225 e. The molecule has 2 fully saturated rings. The van der Waals surface area contributed by atoms with Crippen molar-refractivity contribution in [3.8, 4) is 5.75 Å². The van der Waals surface area contributed by atoms with Crippen LogP contribution < -0.4 is 15.4 Å². The number of rotatable bonds is 8. The van der Waals surface area contributed by atoms with Crippen LogP contribution in [-0.4, -0.2) is 80.6 Å². The molecule has 1 amide bonds. The molecule has 1 atom stereocenters. The summed E-state index contributed by atoms with van der Waals surface area (Å²) in [5, 5.41) is 6.72. The topological polar surface area (TPSA) is 69.2 Å². The Bertz CT molecular complexity index is 711. The number of guanidine groups is 1. The summed E-state index contributed by atoms with van der Waals surface area (Å²) in [6, 6.07) is 8.06. The molecule has 30 heavy (non-hydrogen) atoms. The average Bonchev–Trinajstić information content (AvgIpc) is 2.71. The van der Waals surface area contributed by atoms with E-state index in [2.05, 4.69) is 45.3 Å². The van der Waals surface area contributed by atoms with Crippen molar-refractivity contribution < 1.29 is 9.53 Å². The Hall–Kier alpha value is -2.28. The standard InChI is InChI=1S/C23H37N5O2/c1-18-7-4-5-10-21(18)30-19(2)17-26-23(24-3)25-11-12-27-13-15-28(16-14-27)22(29)20-8-6-9-20/h4-5,7,10,19-20H,6,8-9,11-17H2,1-3H3,(H2,24,25,26). The van der Waals surface area contributed by atoms with Crippen LogP contribution in [0.15, 0.2) is 29.3 Å². The number of aryl methyl sites for hydroxylation is 1. The zero-order chi connectivity index (χ0) is 21.3. The summed E-state index contributed by atoms with van der Waals surface area (Å²) in [5.41, 5.74) is 1.14. The number of nitrogens with one attached hydrogen (secondary N) is 2. The van der Waals surface area contributed by atoms with Gasteiger partial charge in [0.15, 0.2) is 5.96 Å². The molecule has 3 rings (SSSR count). The first-order chi connectivity index (χ1) is 14.6. The minimum Gasteiger partial charge on any atom is -0.489 e. The van der Waals surface area contributed by atoms with E-state index < -0.39 is 0 Å². The van der Waals surface area contributed by atoms with Gasteiger partial charge in [-0.3, -0.25) is 14.7 Å². The van der Waals surface area contributed by atoms with Crippen LogP contribution in [0.2, 0.25) is 0 Å². The number of ether oxygens (including phenoxy) is 1. The normalized spacial score (nSPS) is 19.2. The van der Waals surface area contributed by atoms with Gasteiger partial charge < -0.3 is 20.3 Å². The molecule has 1 saturated carbocycles. The Kier molecular flexibility index (Phi) is 8.37. The molecule has 1 aromatic rings. The summed E-state index contributed by atoms with van der Waals surface area (Å²) in [4.78, 5) is 21.1. The third-order valence-corrected chi connectivity index (χ3v) is 6.06. The number of benzene rings is 1. The number of nitrogens with zero attached hydrogens (tertiary/aromatic N) is 3. The van der Waals surface area contributed by atoms with Gasteiger partial charge >= 0.3 is 0 Å². The quantitative estimate of drug-likeness (QED) is 0.501. The van der Waals surface area contributed by atoms with Gasteiger partial charge in [0.25, 0.3) is 0 Å². The largest absolute Gasteiger partial charge is 0.489 e. The molecule has 0 bridgehead atoms. The Morgan fingerprint density at radius 2 is 1.93 bits per heavy atom. The molecular formula is C23H37N5O2. The van der Waals surface area contributed by atoms with E-state index in [4.69, 9.17) is 4.74 Å². The van der Waals surface area contributed by atoms with Gasteiger partial charge in [0.2, 0.25) is 5.91 Å². The molecule has 2 N–H and O–H groups in total. The summed E-state index contributed by atoms with van der Waals surface area (Å²) in [6.45, 7) is 10.2. The van der Waals surface area contributed by atoms with Gasteiger partial charge in [-0.15, -0.1) is 0 Å². The first-order valence-electron chi connectivity index (χ1n) is 11.2. The highest BCUT2D eigenvalue weighted by molar-refractivity contribution is 5.80. The van der Waals surface area contributed by atoms with Gasteiger partial charge in [0.05, 0.1) is 6.54 Å². The SMILES string of the molecule is CN=C(NCCN1CCN(C(=O)C2CCC2)CC1)NCC(C)Oc1ccccc1C. The molecule has 1 aromatic carbocycles. The zero-order valence-corrected chi connectivity index (χ0v) is 18.7. The lowest BCUT2D eigenvalue weighted by atomic mass is 9.84. The van der Waals surface area contributed by atoms with Crippen LogP contribution in [0.3, 0.4) is 0 Å². The lowest BCUT2D eigenvalue weighted by Crippen LogP contribution is -2.52. The Labute approximate surface area is 180 Å². The van der Waals surface area contributed by atoms with E-state index in [1.165, 1.54) is 6.42 Å². The molecular weight excluding hydrogens is 378 g/mol. The third kappa shape index (κ3) is 6.36.